The number of aromatic amines is 1. The number of imidazole rings is 1. The van der Waals surface area contributed by atoms with Crippen LogP contribution in [0.5, 0.6) is 0 Å². The molecule has 0 aliphatic rings. The Morgan fingerprint density at radius 1 is 1.35 bits per heavy atom. The zero-order valence-corrected chi connectivity index (χ0v) is 9.54. The van der Waals surface area contributed by atoms with E-state index < -0.39 is 15.8 Å². The van der Waals surface area contributed by atoms with E-state index in [1.54, 1.807) is 0 Å². The second kappa shape index (κ2) is 4.64. The fraction of sp³-hybridized carbons (Fsp3) is 0.100. The minimum absolute atomic E-state index is 0.0384. The van der Waals surface area contributed by atoms with Gasteiger partial charge in [-0.2, -0.15) is 0 Å². The molecule has 17 heavy (non-hydrogen) atoms. The maximum absolute atomic E-state index is 13.3. The van der Waals surface area contributed by atoms with Gasteiger partial charge in [0, 0.05) is 11.9 Å². The topological polar surface area (TPSA) is 74.8 Å². The number of halogens is 1. The lowest BCUT2D eigenvalue weighted by Crippen LogP contribution is -2.24. The van der Waals surface area contributed by atoms with Crippen LogP contribution in [0, 0.1) is 5.82 Å². The molecule has 0 radical (unpaired) electrons. The highest BCUT2D eigenvalue weighted by Gasteiger charge is 2.17. The Morgan fingerprint density at radius 2 is 2.12 bits per heavy atom. The molecule has 2 N–H and O–H groups in total. The summed E-state index contributed by atoms with van der Waals surface area (Å²) in [5, 5.41) is 0. The van der Waals surface area contributed by atoms with Gasteiger partial charge in [-0.05, 0) is 12.1 Å². The van der Waals surface area contributed by atoms with Crippen molar-refractivity contribution in [3.63, 3.8) is 0 Å². The molecule has 1 heterocycles. The Kier molecular flexibility index (Phi) is 3.21. The van der Waals surface area contributed by atoms with Gasteiger partial charge in [0.05, 0.1) is 12.9 Å². The van der Waals surface area contributed by atoms with E-state index in [1.165, 1.54) is 30.7 Å². The van der Waals surface area contributed by atoms with Crippen molar-refractivity contribution < 1.29 is 12.8 Å². The van der Waals surface area contributed by atoms with Crippen LogP contribution in [0.4, 0.5) is 4.39 Å². The van der Waals surface area contributed by atoms with Gasteiger partial charge in [-0.15, -0.1) is 0 Å². The minimum Gasteiger partial charge on any atom is -0.347 e. The lowest BCUT2D eigenvalue weighted by Gasteiger charge is -2.06. The van der Waals surface area contributed by atoms with Crippen LogP contribution in [-0.4, -0.2) is 18.4 Å². The third kappa shape index (κ3) is 2.69. The molecule has 0 amide bonds. The molecular formula is C10H10FN3O2S. The predicted molar refractivity (Wildman–Crippen MR) is 59.0 cm³/mol. The molecule has 0 bridgehead atoms. The van der Waals surface area contributed by atoms with Crippen LogP contribution < -0.4 is 4.72 Å². The fourth-order valence-corrected chi connectivity index (χ4v) is 2.38. The summed E-state index contributed by atoms with van der Waals surface area (Å²) >= 11 is 0. The van der Waals surface area contributed by atoms with Gasteiger partial charge in [0.25, 0.3) is 0 Å². The van der Waals surface area contributed by atoms with Crippen molar-refractivity contribution in [1.29, 1.82) is 0 Å². The van der Waals surface area contributed by atoms with Crippen molar-refractivity contribution in [1.82, 2.24) is 14.7 Å². The molecule has 0 spiro atoms. The zero-order valence-electron chi connectivity index (χ0n) is 8.72. The molecule has 7 heteroatoms. The lowest BCUT2D eigenvalue weighted by molar-refractivity contribution is 0.556. The first-order chi connectivity index (χ1) is 8.09. The SMILES string of the molecule is O=S(=O)(NCc1cnc[nH]1)c1ccccc1F. The molecule has 90 valence electrons. The number of hydrogen-bond donors (Lipinski definition) is 2. The summed E-state index contributed by atoms with van der Waals surface area (Å²) < 4.78 is 39.1. The highest BCUT2D eigenvalue weighted by Crippen LogP contribution is 2.13. The largest absolute Gasteiger partial charge is 0.347 e. The predicted octanol–water partition coefficient (Wildman–Crippen LogP) is 1.03. The normalized spacial score (nSPS) is 11.6. The Morgan fingerprint density at radius 3 is 2.76 bits per heavy atom. The second-order valence-electron chi connectivity index (χ2n) is 3.33. The van der Waals surface area contributed by atoms with Crippen LogP contribution in [0.3, 0.4) is 0 Å². The Balaban J connectivity index is 2.17. The van der Waals surface area contributed by atoms with E-state index in [0.717, 1.165) is 6.07 Å². The number of H-pyrrole nitrogens is 1. The van der Waals surface area contributed by atoms with E-state index in [9.17, 15) is 12.8 Å². The molecule has 0 fully saturated rings. The smallest absolute Gasteiger partial charge is 0.243 e. The number of hydrogen-bond acceptors (Lipinski definition) is 3. The third-order valence-corrected chi connectivity index (χ3v) is 3.57. The molecule has 1 aromatic carbocycles. The summed E-state index contributed by atoms with van der Waals surface area (Å²) in [6.07, 6.45) is 2.93. The van der Waals surface area contributed by atoms with Crippen LogP contribution in [0.2, 0.25) is 0 Å². The summed E-state index contributed by atoms with van der Waals surface area (Å²) in [7, 11) is -3.84. The maximum atomic E-state index is 13.3. The maximum Gasteiger partial charge on any atom is 0.243 e. The van der Waals surface area contributed by atoms with E-state index in [1.807, 2.05) is 0 Å². The first-order valence-electron chi connectivity index (χ1n) is 4.81. The average Bonchev–Trinajstić information content (AvgIpc) is 2.80. The first kappa shape index (κ1) is 11.7. The van der Waals surface area contributed by atoms with Crippen molar-refractivity contribution >= 4 is 10.0 Å². The quantitative estimate of drug-likeness (QED) is 0.856. The van der Waals surface area contributed by atoms with Gasteiger partial charge in [-0.1, -0.05) is 12.1 Å². The second-order valence-corrected chi connectivity index (χ2v) is 5.07. The van der Waals surface area contributed by atoms with Crippen LogP contribution in [0.1, 0.15) is 5.69 Å². The van der Waals surface area contributed by atoms with Gasteiger partial charge in [0.1, 0.15) is 10.7 Å². The van der Waals surface area contributed by atoms with Gasteiger partial charge < -0.3 is 4.98 Å². The summed E-state index contributed by atoms with van der Waals surface area (Å²) in [5.41, 5.74) is 0.602. The number of nitrogens with zero attached hydrogens (tertiary/aromatic N) is 1. The van der Waals surface area contributed by atoms with Crippen LogP contribution in [0.15, 0.2) is 41.7 Å². The highest BCUT2D eigenvalue weighted by molar-refractivity contribution is 7.89. The van der Waals surface area contributed by atoms with E-state index >= 15 is 0 Å². The highest BCUT2D eigenvalue weighted by atomic mass is 32.2. The molecule has 0 saturated carbocycles. The first-order valence-corrected chi connectivity index (χ1v) is 6.29. The Labute approximate surface area is 97.8 Å². The Bertz CT molecular complexity index is 596. The number of aromatic nitrogens is 2. The molecule has 2 aromatic rings. The number of nitrogens with one attached hydrogen (secondary N) is 2. The van der Waals surface area contributed by atoms with E-state index in [-0.39, 0.29) is 11.4 Å². The summed E-state index contributed by atoms with van der Waals surface area (Å²) in [5.74, 6) is -0.774. The summed E-state index contributed by atoms with van der Waals surface area (Å²) in [4.78, 5) is 6.13. The van der Waals surface area contributed by atoms with Crippen molar-refractivity contribution in [3.8, 4) is 0 Å². The molecule has 1 aromatic heterocycles. The molecule has 2 rings (SSSR count). The third-order valence-electron chi connectivity index (χ3n) is 2.13. The van der Waals surface area contributed by atoms with Gasteiger partial charge in [0.15, 0.2) is 0 Å². The molecule has 0 atom stereocenters. The van der Waals surface area contributed by atoms with Gasteiger partial charge in [0.2, 0.25) is 10.0 Å². The number of rotatable bonds is 4. The van der Waals surface area contributed by atoms with Crippen molar-refractivity contribution in [3.05, 3.63) is 48.3 Å². The summed E-state index contributed by atoms with van der Waals surface area (Å²) in [6.45, 7) is 0.0384. The fourth-order valence-electron chi connectivity index (χ4n) is 1.29. The molecule has 0 unspecified atom stereocenters. The van der Waals surface area contributed by atoms with Crippen molar-refractivity contribution in [2.45, 2.75) is 11.4 Å². The standard InChI is InChI=1S/C10H10FN3O2S/c11-9-3-1-2-4-10(9)17(15,16)14-6-8-5-12-7-13-8/h1-5,7,14H,6H2,(H,12,13). The van der Waals surface area contributed by atoms with Crippen LogP contribution in [0.25, 0.3) is 0 Å². The molecule has 5 nitrogen and oxygen atoms in total. The van der Waals surface area contributed by atoms with Crippen LogP contribution >= 0.6 is 0 Å². The van der Waals surface area contributed by atoms with Gasteiger partial charge in [-0.25, -0.2) is 22.5 Å². The van der Waals surface area contributed by atoms with Crippen molar-refractivity contribution in [2.24, 2.45) is 0 Å². The monoisotopic (exact) mass is 255 g/mol. The zero-order chi connectivity index (χ0) is 12.3. The molecule has 0 aliphatic carbocycles. The molecule has 0 saturated heterocycles. The van der Waals surface area contributed by atoms with Crippen LogP contribution in [-0.2, 0) is 16.6 Å². The van der Waals surface area contributed by atoms with Gasteiger partial charge in [-0.3, -0.25) is 0 Å². The van der Waals surface area contributed by atoms with E-state index in [2.05, 4.69) is 14.7 Å². The minimum atomic E-state index is -3.84. The summed E-state index contributed by atoms with van der Waals surface area (Å²) in [6, 6.07) is 5.21. The van der Waals surface area contributed by atoms with E-state index in [0.29, 0.717) is 5.69 Å². The lowest BCUT2D eigenvalue weighted by atomic mass is 10.4. The molecular weight excluding hydrogens is 245 g/mol. The van der Waals surface area contributed by atoms with Gasteiger partial charge >= 0.3 is 0 Å². The number of benzene rings is 1. The average molecular weight is 255 g/mol. The van der Waals surface area contributed by atoms with E-state index in [4.69, 9.17) is 0 Å². The molecule has 0 aliphatic heterocycles. The van der Waals surface area contributed by atoms with Crippen molar-refractivity contribution in [2.75, 3.05) is 0 Å². The number of sulfonamides is 1. The Hall–Kier alpha value is -1.73.